The maximum absolute atomic E-state index is 12.0. The number of guanidine groups is 1. The van der Waals surface area contributed by atoms with Crippen molar-refractivity contribution in [3.63, 3.8) is 0 Å². The molecule has 0 aliphatic rings. The largest absolute Gasteiger partial charge is 0.357 e. The van der Waals surface area contributed by atoms with Gasteiger partial charge in [-0.25, -0.2) is 0 Å². The minimum absolute atomic E-state index is 0. The van der Waals surface area contributed by atoms with E-state index in [4.69, 9.17) is 0 Å². The smallest absolute Gasteiger partial charge is 0.191 e. The second-order valence-corrected chi connectivity index (χ2v) is 5.36. The number of halogens is 1. The Balaban J connectivity index is 0.00000361. The Morgan fingerprint density at radius 2 is 2.05 bits per heavy atom. The van der Waals surface area contributed by atoms with Crippen LogP contribution in [0, 0.1) is 0 Å². The lowest BCUT2D eigenvalue weighted by atomic mass is 10.4. The average Bonchev–Trinajstić information content (AvgIpc) is 2.45. The molecule has 0 amide bonds. The molecule has 0 heterocycles. The van der Waals surface area contributed by atoms with E-state index in [0.29, 0.717) is 18.8 Å². The molecule has 1 rings (SSSR count). The summed E-state index contributed by atoms with van der Waals surface area (Å²) in [4.78, 5) is 5.22. The lowest BCUT2D eigenvalue weighted by Gasteiger charge is -2.09. The lowest BCUT2D eigenvalue weighted by molar-refractivity contribution is 0.682. The summed E-state index contributed by atoms with van der Waals surface area (Å²) in [6.07, 6.45) is 1.77. The summed E-state index contributed by atoms with van der Waals surface area (Å²) < 4.78 is 12.0. The molecule has 1 unspecified atom stereocenters. The van der Waals surface area contributed by atoms with Crippen LogP contribution < -0.4 is 10.6 Å². The predicted octanol–water partition coefficient (Wildman–Crippen LogP) is 2.15. The first-order chi connectivity index (χ1) is 9.27. The van der Waals surface area contributed by atoms with Crippen LogP contribution >= 0.6 is 24.0 Å². The van der Waals surface area contributed by atoms with Crippen molar-refractivity contribution in [2.45, 2.75) is 11.8 Å². The number of rotatable bonds is 7. The van der Waals surface area contributed by atoms with Crippen LogP contribution in [-0.4, -0.2) is 35.6 Å². The first-order valence-corrected chi connectivity index (χ1v) is 7.66. The van der Waals surface area contributed by atoms with Crippen molar-refractivity contribution >= 4 is 40.7 Å². The fourth-order valence-corrected chi connectivity index (χ4v) is 2.39. The highest BCUT2D eigenvalue weighted by molar-refractivity contribution is 14.0. The number of nitrogens with one attached hydrogen (secondary N) is 2. The van der Waals surface area contributed by atoms with Crippen molar-refractivity contribution in [1.29, 1.82) is 0 Å². The van der Waals surface area contributed by atoms with Gasteiger partial charge < -0.3 is 10.6 Å². The molecule has 6 heteroatoms. The van der Waals surface area contributed by atoms with Gasteiger partial charge in [0.15, 0.2) is 5.96 Å². The van der Waals surface area contributed by atoms with Gasteiger partial charge in [0.25, 0.3) is 0 Å². The molecule has 0 saturated carbocycles. The van der Waals surface area contributed by atoms with E-state index >= 15 is 0 Å². The number of hydrogen-bond donors (Lipinski definition) is 2. The Morgan fingerprint density at radius 3 is 2.65 bits per heavy atom. The quantitative estimate of drug-likeness (QED) is 0.315. The van der Waals surface area contributed by atoms with E-state index in [9.17, 15) is 4.21 Å². The van der Waals surface area contributed by atoms with Gasteiger partial charge in [-0.2, -0.15) is 0 Å². The van der Waals surface area contributed by atoms with E-state index < -0.39 is 10.8 Å². The van der Waals surface area contributed by atoms with E-state index in [1.807, 2.05) is 37.3 Å². The predicted molar refractivity (Wildman–Crippen MR) is 97.3 cm³/mol. The monoisotopic (exact) mass is 407 g/mol. The fraction of sp³-hybridized carbons (Fsp3) is 0.357. The zero-order chi connectivity index (χ0) is 13.9. The summed E-state index contributed by atoms with van der Waals surface area (Å²) in [5, 5.41) is 6.23. The maximum Gasteiger partial charge on any atom is 0.191 e. The van der Waals surface area contributed by atoms with Crippen LogP contribution in [0.5, 0.6) is 0 Å². The van der Waals surface area contributed by atoms with Crippen molar-refractivity contribution in [3.8, 4) is 0 Å². The highest BCUT2D eigenvalue weighted by atomic mass is 127. The van der Waals surface area contributed by atoms with Crippen LogP contribution in [-0.2, 0) is 10.8 Å². The van der Waals surface area contributed by atoms with E-state index in [0.717, 1.165) is 17.4 Å². The second kappa shape index (κ2) is 11.9. The molecule has 0 saturated heterocycles. The van der Waals surface area contributed by atoms with Crippen molar-refractivity contribution in [2.75, 3.05) is 25.4 Å². The first kappa shape index (κ1) is 19.1. The topological polar surface area (TPSA) is 53.5 Å². The summed E-state index contributed by atoms with van der Waals surface area (Å²) in [5.41, 5.74) is 0. The fourth-order valence-electron chi connectivity index (χ4n) is 1.44. The third-order valence-electron chi connectivity index (χ3n) is 2.31. The van der Waals surface area contributed by atoms with Gasteiger partial charge in [0.2, 0.25) is 0 Å². The van der Waals surface area contributed by atoms with E-state index in [-0.39, 0.29) is 24.0 Å². The SMILES string of the molecule is C=CCNC(=NCCS(=O)c1ccccc1)NCC.I. The molecule has 112 valence electrons. The highest BCUT2D eigenvalue weighted by Crippen LogP contribution is 2.04. The molecule has 1 aromatic carbocycles. The molecule has 0 aliphatic heterocycles. The molecule has 0 aliphatic carbocycles. The third-order valence-corrected chi connectivity index (χ3v) is 3.66. The number of hydrogen-bond acceptors (Lipinski definition) is 2. The molecule has 0 aromatic heterocycles. The Hall–Kier alpha value is -0.890. The van der Waals surface area contributed by atoms with Gasteiger partial charge in [-0.1, -0.05) is 24.3 Å². The van der Waals surface area contributed by atoms with Gasteiger partial charge >= 0.3 is 0 Å². The Bertz CT molecular complexity index is 437. The second-order valence-electron chi connectivity index (χ2n) is 3.79. The summed E-state index contributed by atoms with van der Waals surface area (Å²) in [6.45, 7) is 7.63. The summed E-state index contributed by atoms with van der Waals surface area (Å²) in [6, 6.07) is 9.46. The van der Waals surface area contributed by atoms with Gasteiger partial charge in [0.05, 0.1) is 17.3 Å². The van der Waals surface area contributed by atoms with Crippen molar-refractivity contribution in [2.24, 2.45) is 4.99 Å². The highest BCUT2D eigenvalue weighted by Gasteiger charge is 2.02. The molecule has 1 atom stereocenters. The Kier molecular flexibility index (Phi) is 11.4. The van der Waals surface area contributed by atoms with Gasteiger partial charge in [-0.3, -0.25) is 9.20 Å². The molecule has 20 heavy (non-hydrogen) atoms. The molecular formula is C14H22IN3OS. The minimum atomic E-state index is -0.992. The zero-order valence-electron chi connectivity index (χ0n) is 11.7. The maximum atomic E-state index is 12.0. The van der Waals surface area contributed by atoms with Crippen LogP contribution in [0.3, 0.4) is 0 Å². The molecule has 0 radical (unpaired) electrons. The molecule has 4 nitrogen and oxygen atoms in total. The molecular weight excluding hydrogens is 385 g/mol. The third kappa shape index (κ3) is 7.64. The average molecular weight is 407 g/mol. The summed E-state index contributed by atoms with van der Waals surface area (Å²) >= 11 is 0. The van der Waals surface area contributed by atoms with Crippen LogP contribution in [0.15, 0.2) is 52.9 Å². The van der Waals surface area contributed by atoms with Crippen LogP contribution in [0.2, 0.25) is 0 Å². The van der Waals surface area contributed by atoms with E-state index in [1.165, 1.54) is 0 Å². The summed E-state index contributed by atoms with van der Waals surface area (Å²) in [7, 11) is -0.992. The number of nitrogens with zero attached hydrogens (tertiary/aromatic N) is 1. The van der Waals surface area contributed by atoms with Crippen LogP contribution in [0.4, 0.5) is 0 Å². The molecule has 0 bridgehead atoms. The minimum Gasteiger partial charge on any atom is -0.357 e. The standard InChI is InChI=1S/C14H21N3OS.HI/c1-3-10-16-14(15-4-2)17-11-12-19(18)13-8-6-5-7-9-13;/h3,5-9H,1,4,10-12H2,2H3,(H2,15,16,17);1H. The number of aliphatic imine (C=N–C) groups is 1. The van der Waals surface area contributed by atoms with Crippen LogP contribution in [0.1, 0.15) is 6.92 Å². The van der Waals surface area contributed by atoms with Crippen molar-refractivity contribution in [3.05, 3.63) is 43.0 Å². The zero-order valence-corrected chi connectivity index (χ0v) is 14.8. The molecule has 2 N–H and O–H groups in total. The van der Waals surface area contributed by atoms with Gasteiger partial charge in [0.1, 0.15) is 0 Å². The number of benzene rings is 1. The lowest BCUT2D eigenvalue weighted by Crippen LogP contribution is -2.37. The van der Waals surface area contributed by atoms with Crippen molar-refractivity contribution in [1.82, 2.24) is 10.6 Å². The molecule has 1 aromatic rings. The normalized spacial score (nSPS) is 12.2. The van der Waals surface area contributed by atoms with Gasteiger partial charge in [0, 0.05) is 23.7 Å². The first-order valence-electron chi connectivity index (χ1n) is 6.34. The van der Waals surface area contributed by atoms with E-state index in [1.54, 1.807) is 6.08 Å². The molecule has 0 fully saturated rings. The Labute approximate surface area is 140 Å². The Morgan fingerprint density at radius 1 is 1.35 bits per heavy atom. The van der Waals surface area contributed by atoms with Gasteiger partial charge in [-0.05, 0) is 19.1 Å². The van der Waals surface area contributed by atoms with Crippen molar-refractivity contribution < 1.29 is 4.21 Å². The molecule has 0 spiro atoms. The summed E-state index contributed by atoms with van der Waals surface area (Å²) in [5.74, 6) is 1.25. The van der Waals surface area contributed by atoms with E-state index in [2.05, 4.69) is 22.2 Å². The van der Waals surface area contributed by atoms with Crippen LogP contribution in [0.25, 0.3) is 0 Å². The van der Waals surface area contributed by atoms with Gasteiger partial charge in [-0.15, -0.1) is 30.6 Å².